The first-order valence-corrected chi connectivity index (χ1v) is 9.84. The molecule has 8 heteroatoms. The van der Waals surface area contributed by atoms with Crippen molar-refractivity contribution in [1.82, 2.24) is 20.0 Å². The Balaban J connectivity index is 1.51. The summed E-state index contributed by atoms with van der Waals surface area (Å²) in [7, 11) is 3.33. The molecule has 2 aliphatic heterocycles. The van der Waals surface area contributed by atoms with Crippen LogP contribution in [-0.2, 0) is 4.79 Å². The Morgan fingerprint density at radius 3 is 2.83 bits per heavy atom. The highest BCUT2D eigenvalue weighted by Gasteiger charge is 2.48. The molecule has 0 bridgehead atoms. The number of aliphatic hydroxyl groups is 1. The molecule has 1 aromatic heterocycles. The number of ether oxygens (including phenoxy) is 1. The fraction of sp³-hybridized carbons (Fsp3) is 0.476. The zero-order chi connectivity index (χ0) is 20.6. The molecular weight excluding hydrogens is 372 g/mol. The van der Waals surface area contributed by atoms with Gasteiger partial charge >= 0.3 is 0 Å². The van der Waals surface area contributed by atoms with Gasteiger partial charge < -0.3 is 19.6 Å². The van der Waals surface area contributed by atoms with Gasteiger partial charge in [-0.15, -0.1) is 0 Å². The number of carbonyl (C=O) groups is 2. The minimum absolute atomic E-state index is 0.0790. The van der Waals surface area contributed by atoms with Gasteiger partial charge in [-0.3, -0.25) is 14.7 Å². The first-order chi connectivity index (χ1) is 13.9. The fourth-order valence-electron chi connectivity index (χ4n) is 4.58. The number of aromatic amines is 1. The number of carbonyl (C=O) groups excluding carboxylic acids is 2. The van der Waals surface area contributed by atoms with Gasteiger partial charge in [-0.2, -0.15) is 5.10 Å². The van der Waals surface area contributed by atoms with Crippen molar-refractivity contribution in [3.8, 4) is 17.0 Å². The number of rotatable bonds is 3. The van der Waals surface area contributed by atoms with E-state index in [0.717, 1.165) is 5.56 Å². The molecular formula is C21H26N4O4. The molecule has 29 heavy (non-hydrogen) atoms. The van der Waals surface area contributed by atoms with Crippen LogP contribution in [0.5, 0.6) is 5.75 Å². The summed E-state index contributed by atoms with van der Waals surface area (Å²) in [6, 6.07) is 7.46. The number of likely N-dealkylation sites (N-methyl/N-ethyl adjacent to an activating group) is 1. The topological polar surface area (TPSA) is 98.8 Å². The summed E-state index contributed by atoms with van der Waals surface area (Å²) in [6.07, 6.45) is 2.63. The van der Waals surface area contributed by atoms with Crippen molar-refractivity contribution in [3.63, 3.8) is 0 Å². The van der Waals surface area contributed by atoms with Gasteiger partial charge in [0.2, 0.25) is 5.91 Å². The zero-order valence-corrected chi connectivity index (χ0v) is 16.7. The predicted molar refractivity (Wildman–Crippen MR) is 106 cm³/mol. The Morgan fingerprint density at radius 2 is 2.10 bits per heavy atom. The van der Waals surface area contributed by atoms with Crippen LogP contribution >= 0.6 is 0 Å². The number of hydrogen-bond acceptors (Lipinski definition) is 5. The SMILES string of the molecule is COc1cccc(-c2[nH]ncc2C(=O)N2CCC3(CC2)CC(O)CN(C)C3=O)c1. The van der Waals surface area contributed by atoms with Gasteiger partial charge in [0.25, 0.3) is 5.91 Å². The molecule has 2 fully saturated rings. The summed E-state index contributed by atoms with van der Waals surface area (Å²) < 4.78 is 5.27. The Hall–Kier alpha value is -2.87. The van der Waals surface area contributed by atoms with E-state index in [2.05, 4.69) is 10.2 Å². The van der Waals surface area contributed by atoms with E-state index < -0.39 is 11.5 Å². The average molecular weight is 398 g/mol. The van der Waals surface area contributed by atoms with E-state index in [9.17, 15) is 14.7 Å². The van der Waals surface area contributed by atoms with Crippen molar-refractivity contribution in [1.29, 1.82) is 0 Å². The minimum atomic E-state index is -0.560. The quantitative estimate of drug-likeness (QED) is 0.817. The van der Waals surface area contributed by atoms with Crippen LogP contribution < -0.4 is 4.74 Å². The molecule has 1 atom stereocenters. The van der Waals surface area contributed by atoms with Crippen molar-refractivity contribution in [2.45, 2.75) is 25.4 Å². The number of likely N-dealkylation sites (tertiary alicyclic amines) is 2. The molecule has 8 nitrogen and oxygen atoms in total. The molecule has 2 saturated heterocycles. The maximum atomic E-state index is 13.2. The molecule has 2 amide bonds. The first-order valence-electron chi connectivity index (χ1n) is 9.84. The van der Waals surface area contributed by atoms with Gasteiger partial charge in [0.15, 0.2) is 0 Å². The van der Waals surface area contributed by atoms with Crippen LogP contribution in [0, 0.1) is 5.41 Å². The average Bonchev–Trinajstić information content (AvgIpc) is 3.22. The molecule has 2 aromatic rings. The number of aromatic nitrogens is 2. The highest BCUT2D eigenvalue weighted by Crippen LogP contribution is 2.41. The summed E-state index contributed by atoms with van der Waals surface area (Å²) >= 11 is 0. The van der Waals surface area contributed by atoms with E-state index in [0.29, 0.717) is 55.9 Å². The maximum Gasteiger partial charge on any atom is 0.257 e. The first kappa shape index (κ1) is 19.4. The fourth-order valence-corrected chi connectivity index (χ4v) is 4.58. The van der Waals surface area contributed by atoms with E-state index in [-0.39, 0.29) is 11.8 Å². The van der Waals surface area contributed by atoms with Crippen LogP contribution in [0.4, 0.5) is 0 Å². The number of nitrogens with zero attached hydrogens (tertiary/aromatic N) is 3. The van der Waals surface area contributed by atoms with Crippen LogP contribution in [0.1, 0.15) is 29.6 Å². The van der Waals surface area contributed by atoms with Crippen molar-refractivity contribution in [2.75, 3.05) is 33.8 Å². The van der Waals surface area contributed by atoms with Gasteiger partial charge in [-0.1, -0.05) is 12.1 Å². The standard InChI is InChI=1S/C21H26N4O4/c1-24-13-15(26)11-21(20(24)28)6-8-25(9-7-21)19(27)17-12-22-23-18(17)14-4-3-5-16(10-14)29-2/h3-5,10,12,15,26H,6-9,11,13H2,1-2H3,(H,22,23). The van der Waals surface area contributed by atoms with Crippen molar-refractivity contribution >= 4 is 11.8 Å². The van der Waals surface area contributed by atoms with Crippen molar-refractivity contribution in [2.24, 2.45) is 5.41 Å². The van der Waals surface area contributed by atoms with Gasteiger partial charge in [0.1, 0.15) is 5.75 Å². The van der Waals surface area contributed by atoms with Crippen LogP contribution in [0.15, 0.2) is 30.5 Å². The normalized spacial score (nSPS) is 21.5. The van der Waals surface area contributed by atoms with Crippen LogP contribution in [-0.4, -0.2) is 76.8 Å². The molecule has 3 heterocycles. The molecule has 1 aromatic carbocycles. The molecule has 1 unspecified atom stereocenters. The van der Waals surface area contributed by atoms with E-state index in [1.54, 1.807) is 30.2 Å². The predicted octanol–water partition coefficient (Wildman–Crippen LogP) is 1.53. The van der Waals surface area contributed by atoms with Crippen LogP contribution in [0.25, 0.3) is 11.3 Å². The second-order valence-corrected chi connectivity index (χ2v) is 8.01. The third kappa shape index (κ3) is 3.48. The number of benzene rings is 1. The number of methoxy groups -OCH3 is 1. The lowest BCUT2D eigenvalue weighted by Gasteiger charge is -2.46. The van der Waals surface area contributed by atoms with Gasteiger partial charge in [0.05, 0.1) is 36.1 Å². The van der Waals surface area contributed by atoms with Gasteiger partial charge in [-0.05, 0) is 31.4 Å². The molecule has 0 aliphatic carbocycles. The lowest BCUT2D eigenvalue weighted by Crippen LogP contribution is -2.56. The van der Waals surface area contributed by atoms with Crippen molar-refractivity contribution < 1.29 is 19.4 Å². The Labute approximate surface area is 169 Å². The largest absolute Gasteiger partial charge is 0.497 e. The smallest absolute Gasteiger partial charge is 0.257 e. The number of hydrogen-bond donors (Lipinski definition) is 2. The highest BCUT2D eigenvalue weighted by atomic mass is 16.5. The Morgan fingerprint density at radius 1 is 1.34 bits per heavy atom. The molecule has 2 N–H and O–H groups in total. The number of H-pyrrole nitrogens is 1. The van der Waals surface area contributed by atoms with E-state index in [1.807, 2.05) is 24.3 Å². The van der Waals surface area contributed by atoms with Gasteiger partial charge in [0, 0.05) is 32.2 Å². The Bertz CT molecular complexity index is 917. The summed E-state index contributed by atoms with van der Waals surface area (Å²) in [6.45, 7) is 1.34. The van der Waals surface area contributed by atoms with E-state index in [1.165, 1.54) is 0 Å². The maximum absolute atomic E-state index is 13.2. The van der Waals surface area contributed by atoms with Crippen molar-refractivity contribution in [3.05, 3.63) is 36.0 Å². The van der Waals surface area contributed by atoms with E-state index >= 15 is 0 Å². The lowest BCUT2D eigenvalue weighted by atomic mass is 9.71. The number of nitrogens with one attached hydrogen (secondary N) is 1. The molecule has 0 saturated carbocycles. The molecule has 0 radical (unpaired) electrons. The second-order valence-electron chi connectivity index (χ2n) is 8.01. The summed E-state index contributed by atoms with van der Waals surface area (Å²) in [5.74, 6) is 0.674. The highest BCUT2D eigenvalue weighted by molar-refractivity contribution is 6.00. The number of piperidine rings is 2. The molecule has 154 valence electrons. The van der Waals surface area contributed by atoms with Crippen LogP contribution in [0.2, 0.25) is 0 Å². The zero-order valence-electron chi connectivity index (χ0n) is 16.7. The van der Waals surface area contributed by atoms with Gasteiger partial charge in [-0.25, -0.2) is 0 Å². The third-order valence-electron chi connectivity index (χ3n) is 6.15. The summed E-state index contributed by atoms with van der Waals surface area (Å²) in [4.78, 5) is 29.3. The third-order valence-corrected chi connectivity index (χ3v) is 6.15. The second kappa shape index (κ2) is 7.51. The Kier molecular flexibility index (Phi) is 5.04. The summed E-state index contributed by atoms with van der Waals surface area (Å²) in [5.41, 5.74) is 1.42. The van der Waals surface area contributed by atoms with E-state index in [4.69, 9.17) is 4.74 Å². The summed E-state index contributed by atoms with van der Waals surface area (Å²) in [5, 5.41) is 17.1. The minimum Gasteiger partial charge on any atom is -0.497 e. The molecule has 1 spiro atoms. The lowest BCUT2D eigenvalue weighted by molar-refractivity contribution is -0.154. The van der Waals surface area contributed by atoms with Crippen LogP contribution in [0.3, 0.4) is 0 Å². The number of aliphatic hydroxyl groups excluding tert-OH is 1. The number of β-amino-alcohol motifs (C(OH)–C–C–N with tert-alkyl or cyclic N) is 1. The number of amides is 2. The molecule has 4 rings (SSSR count). The monoisotopic (exact) mass is 398 g/mol. The molecule has 2 aliphatic rings.